The van der Waals surface area contributed by atoms with E-state index in [1.54, 1.807) is 24.3 Å². The molecule has 25 heavy (non-hydrogen) atoms. The van der Waals surface area contributed by atoms with Gasteiger partial charge in [0.05, 0.1) is 5.56 Å². The Morgan fingerprint density at radius 1 is 1.08 bits per heavy atom. The molecule has 0 bridgehead atoms. The molecule has 2 N–H and O–H groups in total. The highest BCUT2D eigenvalue weighted by Gasteiger charge is 2.23. The van der Waals surface area contributed by atoms with E-state index in [1.165, 1.54) is 12.1 Å². The predicted octanol–water partition coefficient (Wildman–Crippen LogP) is 3.85. The maximum Gasteiger partial charge on any atom is 0.258 e. The van der Waals surface area contributed by atoms with Gasteiger partial charge >= 0.3 is 0 Å². The molecule has 0 radical (unpaired) electrons. The first-order valence-corrected chi connectivity index (χ1v) is 8.19. The maximum absolute atomic E-state index is 13.8. The molecule has 1 aliphatic heterocycles. The van der Waals surface area contributed by atoms with Gasteiger partial charge in [-0.3, -0.25) is 9.59 Å². The molecule has 0 saturated carbocycles. The first-order chi connectivity index (χ1) is 12.0. The van der Waals surface area contributed by atoms with Gasteiger partial charge < -0.3 is 15.4 Å². The summed E-state index contributed by atoms with van der Waals surface area (Å²) in [6.45, 7) is 0.602. The number of ether oxygens (including phenoxy) is 1. The Morgan fingerprint density at radius 2 is 1.76 bits per heavy atom. The molecule has 2 aromatic carbocycles. The molecule has 5 nitrogen and oxygen atoms in total. The molecule has 7 heteroatoms. The Morgan fingerprint density at radius 3 is 2.36 bits per heavy atom. The van der Waals surface area contributed by atoms with Crippen molar-refractivity contribution in [2.45, 2.75) is 18.9 Å². The minimum absolute atomic E-state index is 0.0971. The van der Waals surface area contributed by atoms with Crippen LogP contribution in [0.3, 0.4) is 0 Å². The number of nitrogens with one attached hydrogen (secondary N) is 2. The summed E-state index contributed by atoms with van der Waals surface area (Å²) in [5, 5.41) is 5.58. The minimum Gasteiger partial charge on any atom is -0.368 e. The first-order valence-electron chi connectivity index (χ1n) is 7.82. The molecule has 130 valence electrons. The van der Waals surface area contributed by atoms with Crippen LogP contribution in [-0.4, -0.2) is 24.5 Å². The monoisotopic (exact) mass is 362 g/mol. The topological polar surface area (TPSA) is 67.4 Å². The van der Waals surface area contributed by atoms with Crippen molar-refractivity contribution < 1.29 is 18.7 Å². The number of anilines is 2. The van der Waals surface area contributed by atoms with Gasteiger partial charge in [-0.1, -0.05) is 11.6 Å². The average molecular weight is 363 g/mol. The van der Waals surface area contributed by atoms with Gasteiger partial charge in [-0.05, 0) is 55.3 Å². The third kappa shape index (κ3) is 4.35. The quantitative estimate of drug-likeness (QED) is 0.868. The van der Waals surface area contributed by atoms with Gasteiger partial charge in [-0.25, -0.2) is 4.39 Å². The Kier molecular flexibility index (Phi) is 5.31. The molecule has 1 fully saturated rings. The number of benzene rings is 2. The van der Waals surface area contributed by atoms with Crippen LogP contribution in [0.15, 0.2) is 42.5 Å². The summed E-state index contributed by atoms with van der Waals surface area (Å²) < 4.78 is 19.1. The molecule has 1 saturated heterocycles. The average Bonchev–Trinajstić information content (AvgIpc) is 3.11. The van der Waals surface area contributed by atoms with Crippen molar-refractivity contribution >= 4 is 34.8 Å². The fraction of sp³-hybridized carbons (Fsp3) is 0.222. The lowest BCUT2D eigenvalue weighted by Gasteiger charge is -2.11. The Hall–Kier alpha value is -2.44. The van der Waals surface area contributed by atoms with E-state index in [4.69, 9.17) is 16.3 Å². The van der Waals surface area contributed by atoms with E-state index in [0.29, 0.717) is 24.4 Å². The molecular formula is C18H16ClFN2O3. The van der Waals surface area contributed by atoms with Crippen LogP contribution in [0.25, 0.3) is 0 Å². The van der Waals surface area contributed by atoms with Gasteiger partial charge in [0, 0.05) is 23.0 Å². The number of carbonyl (C=O) groups is 2. The lowest BCUT2D eigenvalue weighted by molar-refractivity contribution is -0.124. The van der Waals surface area contributed by atoms with Crippen LogP contribution in [0.4, 0.5) is 15.8 Å². The van der Waals surface area contributed by atoms with Crippen molar-refractivity contribution in [3.8, 4) is 0 Å². The summed E-state index contributed by atoms with van der Waals surface area (Å²) in [4.78, 5) is 24.1. The van der Waals surface area contributed by atoms with Crippen molar-refractivity contribution in [3.05, 3.63) is 58.9 Å². The molecule has 1 atom stereocenters. The van der Waals surface area contributed by atoms with Gasteiger partial charge in [0.1, 0.15) is 11.9 Å². The van der Waals surface area contributed by atoms with Crippen molar-refractivity contribution in [1.82, 2.24) is 0 Å². The molecule has 0 spiro atoms. The third-order valence-corrected chi connectivity index (χ3v) is 4.04. The van der Waals surface area contributed by atoms with E-state index < -0.39 is 17.8 Å². The summed E-state index contributed by atoms with van der Waals surface area (Å²) in [6, 6.07) is 10.4. The zero-order valence-electron chi connectivity index (χ0n) is 13.2. The van der Waals surface area contributed by atoms with Gasteiger partial charge in [0.25, 0.3) is 11.8 Å². The molecule has 2 amide bonds. The smallest absolute Gasteiger partial charge is 0.258 e. The second-order valence-electron chi connectivity index (χ2n) is 5.65. The summed E-state index contributed by atoms with van der Waals surface area (Å²) in [5.74, 6) is -1.45. The summed E-state index contributed by atoms with van der Waals surface area (Å²) in [5.41, 5.74) is 0.978. The standard InChI is InChI=1S/C18H16ClFN2O3/c19-11-3-8-14(15(20)10-11)17(23)21-12-4-6-13(7-5-12)22-18(24)16-2-1-9-25-16/h3-8,10,16H,1-2,9H2,(H,21,23)(H,22,24). The lowest BCUT2D eigenvalue weighted by atomic mass is 10.2. The summed E-state index contributed by atoms with van der Waals surface area (Å²) in [7, 11) is 0. The molecular weight excluding hydrogens is 347 g/mol. The Labute approximate surface area is 149 Å². The molecule has 1 aliphatic rings. The SMILES string of the molecule is O=C(Nc1ccc(NC(=O)C2CCCO2)cc1)c1ccc(Cl)cc1F. The van der Waals surface area contributed by atoms with E-state index in [9.17, 15) is 14.0 Å². The van der Waals surface area contributed by atoms with Crippen molar-refractivity contribution in [2.75, 3.05) is 17.2 Å². The van der Waals surface area contributed by atoms with Crippen LogP contribution in [0.1, 0.15) is 23.2 Å². The van der Waals surface area contributed by atoms with Crippen molar-refractivity contribution in [3.63, 3.8) is 0 Å². The fourth-order valence-corrected chi connectivity index (χ4v) is 2.67. The molecule has 1 heterocycles. The minimum atomic E-state index is -0.689. The number of carbonyl (C=O) groups excluding carboxylic acids is 2. The maximum atomic E-state index is 13.8. The first kappa shape index (κ1) is 17.4. The highest BCUT2D eigenvalue weighted by atomic mass is 35.5. The van der Waals surface area contributed by atoms with Crippen molar-refractivity contribution in [1.29, 1.82) is 0 Å². The second-order valence-corrected chi connectivity index (χ2v) is 6.08. The molecule has 0 aromatic heterocycles. The zero-order chi connectivity index (χ0) is 17.8. The largest absolute Gasteiger partial charge is 0.368 e. The number of amides is 2. The zero-order valence-corrected chi connectivity index (χ0v) is 14.0. The summed E-state index contributed by atoms with van der Waals surface area (Å²) >= 11 is 5.67. The number of hydrogen-bond acceptors (Lipinski definition) is 3. The van der Waals surface area contributed by atoms with Gasteiger partial charge in [0.15, 0.2) is 0 Å². The van der Waals surface area contributed by atoms with E-state index in [1.807, 2.05) is 0 Å². The summed E-state index contributed by atoms with van der Waals surface area (Å²) in [6.07, 6.45) is 1.18. The molecule has 0 aliphatic carbocycles. The highest BCUT2D eigenvalue weighted by Crippen LogP contribution is 2.19. The number of rotatable bonds is 4. The number of halogens is 2. The normalized spacial score (nSPS) is 16.5. The van der Waals surface area contributed by atoms with E-state index in [0.717, 1.165) is 12.5 Å². The molecule has 2 aromatic rings. The second kappa shape index (κ2) is 7.63. The Bertz CT molecular complexity index is 789. The van der Waals surface area contributed by atoms with Crippen LogP contribution in [0, 0.1) is 5.82 Å². The van der Waals surface area contributed by atoms with Crippen LogP contribution >= 0.6 is 11.6 Å². The van der Waals surface area contributed by atoms with E-state index in [2.05, 4.69) is 10.6 Å². The predicted molar refractivity (Wildman–Crippen MR) is 93.4 cm³/mol. The van der Waals surface area contributed by atoms with Crippen molar-refractivity contribution in [2.24, 2.45) is 0 Å². The molecule has 1 unspecified atom stereocenters. The van der Waals surface area contributed by atoms with Gasteiger partial charge in [-0.15, -0.1) is 0 Å². The highest BCUT2D eigenvalue weighted by molar-refractivity contribution is 6.30. The number of hydrogen-bond donors (Lipinski definition) is 2. The third-order valence-electron chi connectivity index (χ3n) is 3.81. The Balaban J connectivity index is 1.62. The van der Waals surface area contributed by atoms with Crippen LogP contribution in [-0.2, 0) is 9.53 Å². The van der Waals surface area contributed by atoms with E-state index in [-0.39, 0.29) is 16.5 Å². The van der Waals surface area contributed by atoms with Crippen LogP contribution in [0.5, 0.6) is 0 Å². The van der Waals surface area contributed by atoms with Crippen LogP contribution < -0.4 is 10.6 Å². The van der Waals surface area contributed by atoms with Gasteiger partial charge in [-0.2, -0.15) is 0 Å². The molecule has 3 rings (SSSR count). The lowest BCUT2D eigenvalue weighted by Crippen LogP contribution is -2.26. The van der Waals surface area contributed by atoms with Gasteiger partial charge in [0.2, 0.25) is 0 Å². The van der Waals surface area contributed by atoms with E-state index >= 15 is 0 Å². The fourth-order valence-electron chi connectivity index (χ4n) is 2.52. The van der Waals surface area contributed by atoms with Crippen LogP contribution in [0.2, 0.25) is 5.02 Å².